The lowest BCUT2D eigenvalue weighted by molar-refractivity contribution is 0.0990. The van der Waals surface area contributed by atoms with E-state index in [1.54, 1.807) is 6.20 Å². The second-order valence-electron chi connectivity index (χ2n) is 4.98. The van der Waals surface area contributed by atoms with Crippen LogP contribution in [0.4, 0.5) is 0 Å². The summed E-state index contributed by atoms with van der Waals surface area (Å²) in [5, 5.41) is 0. The molecule has 1 aromatic heterocycles. The third kappa shape index (κ3) is 5.37. The number of nitrogens with two attached hydrogens (primary N) is 1. The molecule has 1 atom stereocenters. The van der Waals surface area contributed by atoms with Crippen molar-refractivity contribution >= 4 is 5.91 Å². The van der Waals surface area contributed by atoms with Crippen LogP contribution in [0.15, 0.2) is 12.3 Å². The van der Waals surface area contributed by atoms with Gasteiger partial charge in [0.05, 0.1) is 0 Å². The summed E-state index contributed by atoms with van der Waals surface area (Å²) in [6, 6.07) is 1.90. The molecule has 1 heterocycles. The van der Waals surface area contributed by atoms with Crippen molar-refractivity contribution < 1.29 is 4.79 Å². The summed E-state index contributed by atoms with van der Waals surface area (Å²) in [5.41, 5.74) is 6.16. The predicted molar refractivity (Wildman–Crippen MR) is 77.0 cm³/mol. The third-order valence-corrected chi connectivity index (χ3v) is 3.46. The molecular formula is C15H25N3O. The molecule has 0 saturated heterocycles. The molecule has 1 rings (SSSR count). The van der Waals surface area contributed by atoms with Crippen LogP contribution in [0.5, 0.6) is 0 Å². The van der Waals surface area contributed by atoms with Crippen LogP contribution in [0, 0.1) is 0 Å². The van der Waals surface area contributed by atoms with Gasteiger partial charge in [0.2, 0.25) is 5.82 Å². The molecule has 1 amide bonds. The number of hydrogen-bond acceptors (Lipinski definition) is 3. The molecule has 1 unspecified atom stereocenters. The fourth-order valence-electron chi connectivity index (χ4n) is 2.27. The Kier molecular flexibility index (Phi) is 7.08. The van der Waals surface area contributed by atoms with E-state index in [1.165, 1.54) is 32.1 Å². The van der Waals surface area contributed by atoms with E-state index in [2.05, 4.69) is 23.8 Å². The van der Waals surface area contributed by atoms with Crippen LogP contribution in [-0.4, -0.2) is 15.9 Å². The zero-order valence-electron chi connectivity index (χ0n) is 12.1. The quantitative estimate of drug-likeness (QED) is 0.694. The highest BCUT2D eigenvalue weighted by Crippen LogP contribution is 2.24. The van der Waals surface area contributed by atoms with Gasteiger partial charge in [-0.2, -0.15) is 0 Å². The van der Waals surface area contributed by atoms with Gasteiger partial charge < -0.3 is 5.73 Å². The normalized spacial score (nSPS) is 12.3. The summed E-state index contributed by atoms with van der Waals surface area (Å²) in [6.07, 6.45) is 10.2. The molecule has 0 fully saturated rings. The number of unbranched alkanes of at least 4 members (excludes halogenated alkanes) is 4. The van der Waals surface area contributed by atoms with Gasteiger partial charge in [0, 0.05) is 17.8 Å². The second kappa shape index (κ2) is 8.62. The van der Waals surface area contributed by atoms with Crippen molar-refractivity contribution in [2.75, 3.05) is 0 Å². The summed E-state index contributed by atoms with van der Waals surface area (Å²) < 4.78 is 0. The van der Waals surface area contributed by atoms with E-state index >= 15 is 0 Å². The highest BCUT2D eigenvalue weighted by Gasteiger charge is 2.13. The van der Waals surface area contributed by atoms with Crippen LogP contribution in [0.3, 0.4) is 0 Å². The molecule has 0 radical (unpaired) electrons. The first-order valence-electron chi connectivity index (χ1n) is 7.31. The average Bonchev–Trinajstić information content (AvgIpc) is 2.43. The fourth-order valence-corrected chi connectivity index (χ4v) is 2.27. The zero-order valence-corrected chi connectivity index (χ0v) is 12.1. The van der Waals surface area contributed by atoms with Gasteiger partial charge in [-0.3, -0.25) is 4.79 Å². The van der Waals surface area contributed by atoms with Gasteiger partial charge in [-0.15, -0.1) is 0 Å². The first-order chi connectivity index (χ1) is 9.19. The van der Waals surface area contributed by atoms with Crippen LogP contribution in [0.2, 0.25) is 0 Å². The van der Waals surface area contributed by atoms with E-state index in [0.717, 1.165) is 18.5 Å². The van der Waals surface area contributed by atoms with Crippen LogP contribution in [0.25, 0.3) is 0 Å². The number of hydrogen-bond donors (Lipinski definition) is 1. The van der Waals surface area contributed by atoms with Crippen LogP contribution in [-0.2, 0) is 0 Å². The summed E-state index contributed by atoms with van der Waals surface area (Å²) in [6.45, 7) is 4.38. The van der Waals surface area contributed by atoms with E-state index in [1.807, 2.05) is 6.07 Å². The first kappa shape index (κ1) is 15.6. The average molecular weight is 263 g/mol. The van der Waals surface area contributed by atoms with Gasteiger partial charge >= 0.3 is 0 Å². The van der Waals surface area contributed by atoms with Gasteiger partial charge in [-0.05, 0) is 18.9 Å². The molecule has 106 valence electrons. The van der Waals surface area contributed by atoms with Gasteiger partial charge in [-0.25, -0.2) is 9.97 Å². The molecular weight excluding hydrogens is 238 g/mol. The number of primary amides is 1. The Morgan fingerprint density at radius 1 is 1.26 bits per heavy atom. The Hall–Kier alpha value is -1.45. The van der Waals surface area contributed by atoms with Gasteiger partial charge in [0.15, 0.2) is 0 Å². The molecule has 0 aliphatic heterocycles. The molecule has 0 spiro atoms. The topological polar surface area (TPSA) is 68.9 Å². The lowest BCUT2D eigenvalue weighted by atomic mass is 9.94. The molecule has 1 aromatic rings. The molecule has 19 heavy (non-hydrogen) atoms. The largest absolute Gasteiger partial charge is 0.363 e. The minimum atomic E-state index is -0.556. The smallest absolute Gasteiger partial charge is 0.286 e. The van der Waals surface area contributed by atoms with E-state index < -0.39 is 5.91 Å². The molecule has 0 saturated carbocycles. The Labute approximate surface area is 115 Å². The summed E-state index contributed by atoms with van der Waals surface area (Å²) in [7, 11) is 0. The first-order valence-corrected chi connectivity index (χ1v) is 7.31. The van der Waals surface area contributed by atoms with Crippen molar-refractivity contribution in [1.29, 1.82) is 0 Å². The SMILES string of the molecule is CCCCCCCC(CC)c1ccnc(C(N)=O)n1. The van der Waals surface area contributed by atoms with E-state index in [9.17, 15) is 4.79 Å². The number of rotatable bonds is 9. The van der Waals surface area contributed by atoms with Crippen LogP contribution < -0.4 is 5.73 Å². The molecule has 0 bridgehead atoms. The van der Waals surface area contributed by atoms with E-state index in [-0.39, 0.29) is 5.82 Å². The molecule has 0 aliphatic rings. The minimum absolute atomic E-state index is 0.127. The van der Waals surface area contributed by atoms with Crippen LogP contribution in [0.1, 0.15) is 81.0 Å². The highest BCUT2D eigenvalue weighted by molar-refractivity contribution is 5.88. The molecule has 4 nitrogen and oxygen atoms in total. The number of aromatic nitrogens is 2. The second-order valence-corrected chi connectivity index (χ2v) is 4.98. The zero-order chi connectivity index (χ0) is 14.1. The summed E-state index contributed by atoms with van der Waals surface area (Å²) in [5.74, 6) is -0.0238. The highest BCUT2D eigenvalue weighted by atomic mass is 16.1. The molecule has 4 heteroatoms. The number of amides is 1. The Bertz CT molecular complexity index is 393. The monoisotopic (exact) mass is 263 g/mol. The van der Waals surface area contributed by atoms with Gasteiger partial charge in [0.25, 0.3) is 5.91 Å². The van der Waals surface area contributed by atoms with Crippen LogP contribution >= 0.6 is 0 Å². The molecule has 0 aliphatic carbocycles. The van der Waals surface area contributed by atoms with Crippen molar-refractivity contribution in [2.24, 2.45) is 5.73 Å². The maximum atomic E-state index is 11.1. The van der Waals surface area contributed by atoms with Gasteiger partial charge in [0.1, 0.15) is 0 Å². The Morgan fingerprint density at radius 3 is 2.63 bits per heavy atom. The van der Waals surface area contributed by atoms with Crippen molar-refractivity contribution in [2.45, 2.75) is 64.7 Å². The van der Waals surface area contributed by atoms with Crippen molar-refractivity contribution in [3.63, 3.8) is 0 Å². The van der Waals surface area contributed by atoms with Crippen molar-refractivity contribution in [3.05, 3.63) is 23.8 Å². The molecule has 2 N–H and O–H groups in total. The van der Waals surface area contributed by atoms with Crippen molar-refractivity contribution in [1.82, 2.24) is 9.97 Å². The summed E-state index contributed by atoms with van der Waals surface area (Å²) >= 11 is 0. The van der Waals surface area contributed by atoms with E-state index in [4.69, 9.17) is 5.73 Å². The van der Waals surface area contributed by atoms with E-state index in [0.29, 0.717) is 5.92 Å². The van der Waals surface area contributed by atoms with Gasteiger partial charge in [-0.1, -0.05) is 46.0 Å². The minimum Gasteiger partial charge on any atom is -0.363 e. The Balaban J connectivity index is 2.54. The maximum absolute atomic E-state index is 11.1. The summed E-state index contributed by atoms with van der Waals surface area (Å²) in [4.78, 5) is 19.3. The lowest BCUT2D eigenvalue weighted by Gasteiger charge is -2.14. The van der Waals surface area contributed by atoms with Crippen molar-refractivity contribution in [3.8, 4) is 0 Å². The molecule has 0 aromatic carbocycles. The maximum Gasteiger partial charge on any atom is 0.286 e. The standard InChI is InChI=1S/C15H25N3O/c1-3-5-6-7-8-9-12(4-2)13-10-11-17-15(18-13)14(16)19/h10-12H,3-9H2,1-2H3,(H2,16,19). The number of nitrogens with zero attached hydrogens (tertiary/aromatic N) is 2. The Morgan fingerprint density at radius 2 is 2.00 bits per heavy atom. The number of carbonyl (C=O) groups excluding carboxylic acids is 1. The number of carbonyl (C=O) groups is 1. The predicted octanol–water partition coefficient (Wildman–Crippen LogP) is 3.43. The lowest BCUT2D eigenvalue weighted by Crippen LogP contribution is -2.16. The third-order valence-electron chi connectivity index (χ3n) is 3.46. The fraction of sp³-hybridized carbons (Fsp3) is 0.667.